The molecule has 6 amide bonds. The van der Waals surface area contributed by atoms with E-state index in [2.05, 4.69) is 89.8 Å². The van der Waals surface area contributed by atoms with Gasteiger partial charge in [-0.15, -0.1) is 11.3 Å². The smallest absolute Gasteiger partial charge is 1.00 e. The van der Waals surface area contributed by atoms with Crippen molar-refractivity contribution >= 4 is 163 Å². The van der Waals surface area contributed by atoms with Crippen molar-refractivity contribution in [2.45, 2.75) is 117 Å². The van der Waals surface area contributed by atoms with Gasteiger partial charge in [-0.05, 0) is 200 Å². The van der Waals surface area contributed by atoms with Crippen LogP contribution in [0.15, 0.2) is 194 Å². The second-order valence-corrected chi connectivity index (χ2v) is 32.9. The maximum atomic E-state index is 12.8. The molecule has 16 rings (SSSR count). The molecule has 27 nitrogen and oxygen atoms in total. The van der Waals surface area contributed by atoms with Crippen LogP contribution in [0, 0.1) is 11.5 Å². The summed E-state index contributed by atoms with van der Waals surface area (Å²) in [6, 6.07) is 64.2. The third-order valence-electron chi connectivity index (χ3n) is 18.3. The summed E-state index contributed by atoms with van der Waals surface area (Å²) >= 11 is 10.2. The monoisotopic (exact) mass is 1770 g/mol. The summed E-state index contributed by atoms with van der Waals surface area (Å²) in [6.07, 6.45) is 11.3. The molecule has 8 aromatic carbocycles. The number of carbonyl (C=O) groups excluding carboxylic acids is 7. The Hall–Kier alpha value is -8.84. The van der Waals surface area contributed by atoms with E-state index < -0.39 is 35.9 Å². The summed E-state index contributed by atoms with van der Waals surface area (Å²) in [5, 5.41) is 38.6. The van der Waals surface area contributed by atoms with Gasteiger partial charge in [0.05, 0.1) is 43.7 Å². The molecule has 33 heteroatoms. The Morgan fingerprint density at radius 1 is 0.529 bits per heavy atom. The number of para-hydroxylation sites is 8. The number of nitrogens with one attached hydrogen (secondary N) is 4. The number of ether oxygens (including phenoxy) is 2. The summed E-state index contributed by atoms with van der Waals surface area (Å²) < 4.78 is 13.8. The minimum atomic E-state index is -1.10. The average molecular weight is 1770 g/mol. The Morgan fingerprint density at radius 3 is 1.31 bits per heavy atom. The number of rotatable bonds is 12. The van der Waals surface area contributed by atoms with Crippen molar-refractivity contribution < 1.29 is 167 Å². The normalized spacial score (nSPS) is 13.0. The van der Waals surface area contributed by atoms with Crippen molar-refractivity contribution in [1.29, 1.82) is 5.26 Å². The van der Waals surface area contributed by atoms with Crippen LogP contribution in [0.4, 0.5) is 48.3 Å². The summed E-state index contributed by atoms with van der Waals surface area (Å²) in [7, 11) is 0. The number of aryl methyl sites for hydroxylation is 5. The number of carboxylic acids is 1. The molecule has 0 spiro atoms. The Kier molecular flexibility index (Phi) is 41.6. The first-order valence-corrected chi connectivity index (χ1v) is 41.7. The van der Waals surface area contributed by atoms with Gasteiger partial charge in [-0.3, -0.25) is 28.8 Å². The number of nitrogens with two attached hydrogens (primary N) is 1. The first-order chi connectivity index (χ1) is 57.3. The SMILES string of the molecule is CC(C)(C)OC(=O)NCC(=O)N1CCCc2ccccc21.CC(C)(C)OC(=O)NCC(=O)O.Clc1nc2ccccc2s1.N#CN(CC(=O)N1CCCc2ccccc21)c1nc2ccccc2s1.NCC(=O)N1CCCc2ccccc21.O=C(CNc1nc2ccccc2s1)N1CCCc2ccccc21.O=CO[O-].[H-].[K+].[K+].c1ccc2c(c1)CCCN2. The van der Waals surface area contributed by atoms with Gasteiger partial charge in [0, 0.05) is 61.2 Å². The number of fused-ring (bicyclic) bond motifs is 8. The number of aromatic nitrogens is 3. The molecule has 3 aromatic heterocycles. The van der Waals surface area contributed by atoms with Gasteiger partial charge in [-0.25, -0.2) is 29.4 Å². The molecule has 5 aliphatic rings. The van der Waals surface area contributed by atoms with Crippen LogP contribution in [-0.2, 0) is 75.2 Å². The van der Waals surface area contributed by atoms with Gasteiger partial charge < -0.3 is 72.8 Å². The number of carbonyl (C=O) groups is 8. The number of benzene rings is 8. The molecular weight excluding hydrogens is 1670 g/mol. The van der Waals surface area contributed by atoms with E-state index in [-0.39, 0.29) is 160 Å². The molecule has 0 atom stereocenters. The molecule has 7 N–H and O–H groups in total. The number of nitriles is 1. The van der Waals surface area contributed by atoms with E-state index in [1.165, 1.54) is 73.9 Å². The third-order valence-corrected chi connectivity index (χ3v) is 21.5. The second kappa shape index (κ2) is 50.7. The minimum absolute atomic E-state index is 0. The number of thiazole rings is 3. The van der Waals surface area contributed by atoms with Gasteiger partial charge in [0.15, 0.2) is 20.9 Å². The fraction of sp³-hybridized carbons (Fsp3) is 0.318. The molecule has 121 heavy (non-hydrogen) atoms. The zero-order chi connectivity index (χ0) is 85.3. The van der Waals surface area contributed by atoms with Crippen LogP contribution in [-0.4, -0.2) is 145 Å². The number of alkyl carbamates (subject to hydrolysis) is 2. The number of carboxylic acid groups (broad SMARTS) is 1. The van der Waals surface area contributed by atoms with E-state index in [4.69, 9.17) is 42.0 Å². The van der Waals surface area contributed by atoms with Crippen molar-refractivity contribution in [3.63, 3.8) is 0 Å². The number of aliphatic carboxylic acids is 1. The number of hydrogen-bond acceptors (Lipinski definition) is 23. The predicted molar refractivity (Wildman–Crippen MR) is 470 cm³/mol. The molecule has 11 aromatic rings. The zero-order valence-electron chi connectivity index (χ0n) is 70.2. The molecule has 0 saturated carbocycles. The molecular formula is C88H99ClK2N14O13S3. The van der Waals surface area contributed by atoms with E-state index in [0.717, 1.165) is 130 Å². The minimum Gasteiger partial charge on any atom is -1.00 e. The molecule has 8 heterocycles. The van der Waals surface area contributed by atoms with E-state index in [9.17, 15) is 38.8 Å². The van der Waals surface area contributed by atoms with E-state index >= 15 is 0 Å². The van der Waals surface area contributed by atoms with Crippen molar-refractivity contribution in [1.82, 2.24) is 25.6 Å². The molecule has 0 saturated heterocycles. The van der Waals surface area contributed by atoms with Gasteiger partial charge in [0.2, 0.25) is 23.6 Å². The standard InChI is InChI=1S/C19H16N4OS.C18H17N3OS.C16H22N2O3.C11H14N2O.C9H11N.C7H4ClNS.C7H13NO4.CH2O3.2K.H/c20-13-22(19-21-15-8-2-4-10-17(15)25-19)12-18(24)23-11-5-7-14-6-1-3-9-16(14)23;22-17(21-11-5-7-13-6-1-3-9-15(13)21)12-19-18-20-14-8-2-4-10-16(14)23-18;1-16(2,3)21-15(20)17-11-14(19)18-10-6-8-12-7-4-5-9-13(12)18;12-8-11(14)13-7-3-5-9-4-1-2-6-10(9)13;1-2-6-9-8(4-1)5-3-7-10-9;8-7-9-5-3-1-2-4-6(5)10-7;1-7(2,3)12-6(11)8-4-5(9)10;2-1-4-3;;;/h1-4,6,8-10H,5,7,11-12H2;1-4,6,8-10H,5,7,11-12H2,(H,19,20);4-5,7,9H,6,8,10-11H2,1-3H3,(H,17,20);1-2,4,6H,3,5,7-8,12H2;1-2,4,6,10H,3,5,7H2;1-4H;4H2,1-3H3,(H,8,11)(H,9,10);1,3H;;;/q;;;;;;;;2*+1;-1/p-1. The van der Waals surface area contributed by atoms with Crippen molar-refractivity contribution in [2.24, 2.45) is 5.73 Å². The van der Waals surface area contributed by atoms with Gasteiger partial charge in [0.1, 0.15) is 30.8 Å². The molecule has 0 bridgehead atoms. The quantitative estimate of drug-likeness (QED) is 0.0166. The Bertz CT molecular complexity index is 5170. The predicted octanol–water partition coefficient (Wildman–Crippen LogP) is 8.81. The maximum Gasteiger partial charge on any atom is 1.00 e. The van der Waals surface area contributed by atoms with Gasteiger partial charge in [-0.1, -0.05) is 162 Å². The first kappa shape index (κ1) is 99.3. The van der Waals surface area contributed by atoms with Crippen molar-refractivity contribution in [3.8, 4) is 6.19 Å². The van der Waals surface area contributed by atoms with Crippen LogP contribution in [0.5, 0.6) is 0 Å². The van der Waals surface area contributed by atoms with Gasteiger partial charge in [0.25, 0.3) is 6.47 Å². The molecule has 5 aliphatic heterocycles. The Balaban J connectivity index is 0.000000223. The first-order valence-electron chi connectivity index (χ1n) is 38.9. The summed E-state index contributed by atoms with van der Waals surface area (Å²) in [6.45, 7) is 14.3. The largest absolute Gasteiger partial charge is 1.00 e. The molecule has 0 aliphatic carbocycles. The number of anilines is 7. The fourth-order valence-electron chi connectivity index (χ4n) is 13.1. The van der Waals surface area contributed by atoms with Crippen LogP contribution in [0.3, 0.4) is 0 Å². The molecule has 626 valence electrons. The summed E-state index contributed by atoms with van der Waals surface area (Å²) in [5.74, 6) is -1.18. The fourth-order valence-corrected chi connectivity index (χ4v) is 15.9. The van der Waals surface area contributed by atoms with Crippen LogP contribution >= 0.6 is 45.6 Å². The van der Waals surface area contributed by atoms with E-state index in [1.54, 1.807) is 67.6 Å². The zero-order valence-corrected chi connectivity index (χ0v) is 78.7. The van der Waals surface area contributed by atoms with Gasteiger partial charge >= 0.3 is 121 Å². The van der Waals surface area contributed by atoms with Crippen LogP contribution in [0.25, 0.3) is 30.6 Å². The molecule has 0 fully saturated rings. The number of amides is 6. The average Bonchev–Trinajstić information content (AvgIpc) is 1.84. The van der Waals surface area contributed by atoms with Crippen molar-refractivity contribution in [3.05, 3.63) is 226 Å². The number of nitrogens with zero attached hydrogens (tertiary/aromatic N) is 9. The third kappa shape index (κ3) is 31.8. The van der Waals surface area contributed by atoms with Crippen LogP contribution in [0.1, 0.15) is 103 Å². The summed E-state index contributed by atoms with van der Waals surface area (Å²) in [5.41, 5.74) is 18.7. The van der Waals surface area contributed by atoms with Crippen LogP contribution < -0.4 is 160 Å². The van der Waals surface area contributed by atoms with Gasteiger partial charge in [-0.2, -0.15) is 5.26 Å². The van der Waals surface area contributed by atoms with Crippen molar-refractivity contribution in [2.75, 3.05) is 101 Å². The maximum absolute atomic E-state index is 12.8. The summed E-state index contributed by atoms with van der Waals surface area (Å²) in [4.78, 5) is 115. The molecule has 0 radical (unpaired) electrons. The second-order valence-electron chi connectivity index (χ2n) is 29.2. The topological polar surface area (TPSA) is 360 Å². The van der Waals surface area contributed by atoms with E-state index in [1.807, 2.05) is 157 Å². The number of halogens is 1. The Labute approximate surface area is 807 Å². The number of hydrogen-bond donors (Lipinski definition) is 6. The Morgan fingerprint density at radius 2 is 0.901 bits per heavy atom. The molecule has 0 unspecified atom stereocenters. The van der Waals surface area contributed by atoms with E-state index in [0.29, 0.717) is 22.7 Å². The van der Waals surface area contributed by atoms with Crippen LogP contribution in [0.2, 0.25) is 4.47 Å².